The second-order valence-corrected chi connectivity index (χ2v) is 6.82. The quantitative estimate of drug-likeness (QED) is 0.631. The molecule has 1 aliphatic rings. The van der Waals surface area contributed by atoms with Gasteiger partial charge in [-0.3, -0.25) is 15.0 Å². The fraction of sp³-hybridized carbons (Fsp3) is 0.350. The number of hydrogen-bond acceptors (Lipinski definition) is 5. The van der Waals surface area contributed by atoms with Crippen molar-refractivity contribution in [1.29, 1.82) is 0 Å². The van der Waals surface area contributed by atoms with Gasteiger partial charge in [-0.15, -0.1) is 0 Å². The van der Waals surface area contributed by atoms with Gasteiger partial charge < -0.3 is 15.0 Å². The highest BCUT2D eigenvalue weighted by molar-refractivity contribution is 5.91. The lowest BCUT2D eigenvalue weighted by molar-refractivity contribution is -0.384. The fourth-order valence-electron chi connectivity index (χ4n) is 3.28. The van der Waals surface area contributed by atoms with Crippen LogP contribution in [-0.2, 0) is 6.54 Å². The molecule has 0 bridgehead atoms. The molecule has 1 N–H and O–H groups in total. The van der Waals surface area contributed by atoms with Gasteiger partial charge in [0.1, 0.15) is 5.75 Å². The standard InChI is InChI=1S/C20H24N4O4/c1-15-4-3-5-16(12-15)14-22-8-10-23(11-9-22)20(25)21-18-13-17(24(26)27)6-7-19(18)28-2/h3-7,12-13H,8-11,14H2,1-2H3,(H,21,25). The van der Waals surface area contributed by atoms with E-state index in [1.54, 1.807) is 4.90 Å². The van der Waals surface area contributed by atoms with Gasteiger partial charge in [-0.1, -0.05) is 29.8 Å². The molecule has 1 aliphatic heterocycles. The van der Waals surface area contributed by atoms with Gasteiger partial charge in [0.2, 0.25) is 0 Å². The lowest BCUT2D eigenvalue weighted by Crippen LogP contribution is -2.49. The number of methoxy groups -OCH3 is 1. The lowest BCUT2D eigenvalue weighted by Gasteiger charge is -2.34. The highest BCUT2D eigenvalue weighted by atomic mass is 16.6. The fourth-order valence-corrected chi connectivity index (χ4v) is 3.28. The maximum absolute atomic E-state index is 12.6. The summed E-state index contributed by atoms with van der Waals surface area (Å²) in [5.41, 5.74) is 2.70. The molecule has 2 amide bonds. The van der Waals surface area contributed by atoms with Crippen molar-refractivity contribution in [2.75, 3.05) is 38.6 Å². The average molecular weight is 384 g/mol. The number of nitrogens with zero attached hydrogens (tertiary/aromatic N) is 3. The van der Waals surface area contributed by atoms with E-state index in [1.165, 1.54) is 36.4 Å². The largest absolute Gasteiger partial charge is 0.495 e. The van der Waals surface area contributed by atoms with E-state index in [-0.39, 0.29) is 11.7 Å². The van der Waals surface area contributed by atoms with Crippen molar-refractivity contribution in [2.24, 2.45) is 0 Å². The van der Waals surface area contributed by atoms with Gasteiger partial charge in [0.15, 0.2) is 0 Å². The summed E-state index contributed by atoms with van der Waals surface area (Å²) in [6.07, 6.45) is 0. The first kappa shape index (κ1) is 19.6. The number of urea groups is 1. The van der Waals surface area contributed by atoms with Crippen molar-refractivity contribution in [3.63, 3.8) is 0 Å². The Balaban J connectivity index is 1.58. The molecule has 0 aliphatic carbocycles. The van der Waals surface area contributed by atoms with Crippen LogP contribution in [0.1, 0.15) is 11.1 Å². The molecule has 2 aromatic carbocycles. The van der Waals surface area contributed by atoms with Gasteiger partial charge in [0.25, 0.3) is 5.69 Å². The van der Waals surface area contributed by atoms with Crippen molar-refractivity contribution in [1.82, 2.24) is 9.80 Å². The van der Waals surface area contributed by atoms with E-state index >= 15 is 0 Å². The predicted octanol–water partition coefficient (Wildman–Crippen LogP) is 3.26. The Bertz CT molecular complexity index is 863. The Morgan fingerprint density at radius 1 is 1.18 bits per heavy atom. The number of hydrogen-bond donors (Lipinski definition) is 1. The third-order valence-electron chi connectivity index (χ3n) is 4.78. The predicted molar refractivity (Wildman–Crippen MR) is 107 cm³/mol. The van der Waals surface area contributed by atoms with E-state index in [9.17, 15) is 14.9 Å². The number of anilines is 1. The molecule has 0 unspecified atom stereocenters. The third kappa shape index (κ3) is 4.77. The number of piperazine rings is 1. The molecule has 1 saturated heterocycles. The molecule has 8 heteroatoms. The SMILES string of the molecule is COc1ccc([N+](=O)[O-])cc1NC(=O)N1CCN(Cc2cccc(C)c2)CC1. The summed E-state index contributed by atoms with van der Waals surface area (Å²) in [7, 11) is 1.46. The van der Waals surface area contributed by atoms with E-state index in [2.05, 4.69) is 41.4 Å². The van der Waals surface area contributed by atoms with E-state index in [0.29, 0.717) is 24.5 Å². The van der Waals surface area contributed by atoms with Crippen LogP contribution >= 0.6 is 0 Å². The van der Waals surface area contributed by atoms with Crippen molar-refractivity contribution < 1.29 is 14.5 Å². The molecule has 1 fully saturated rings. The normalized spacial score (nSPS) is 14.6. The molecule has 0 aromatic heterocycles. The Morgan fingerprint density at radius 3 is 2.57 bits per heavy atom. The van der Waals surface area contributed by atoms with Crippen LogP contribution in [0.3, 0.4) is 0 Å². The molecular formula is C20H24N4O4. The van der Waals surface area contributed by atoms with Crippen LogP contribution in [-0.4, -0.2) is 54.0 Å². The summed E-state index contributed by atoms with van der Waals surface area (Å²) in [6, 6.07) is 12.3. The van der Waals surface area contributed by atoms with Gasteiger partial charge >= 0.3 is 6.03 Å². The van der Waals surface area contributed by atoms with Gasteiger partial charge in [-0.25, -0.2) is 4.79 Å². The number of amides is 2. The topological polar surface area (TPSA) is 87.9 Å². The lowest BCUT2D eigenvalue weighted by atomic mass is 10.1. The molecule has 148 valence electrons. The molecule has 3 rings (SSSR count). The minimum absolute atomic E-state index is 0.0981. The maximum Gasteiger partial charge on any atom is 0.322 e. The van der Waals surface area contributed by atoms with Crippen LogP contribution < -0.4 is 10.1 Å². The molecular weight excluding hydrogens is 360 g/mol. The second kappa shape index (κ2) is 8.71. The van der Waals surface area contributed by atoms with Gasteiger partial charge in [0, 0.05) is 44.9 Å². The zero-order valence-electron chi connectivity index (χ0n) is 16.1. The number of nitro benzene ring substituents is 1. The zero-order valence-corrected chi connectivity index (χ0v) is 16.1. The number of ether oxygens (including phenoxy) is 1. The summed E-state index contributed by atoms with van der Waals surface area (Å²) in [4.78, 5) is 27.1. The number of benzene rings is 2. The summed E-state index contributed by atoms with van der Waals surface area (Å²) < 4.78 is 5.20. The zero-order chi connectivity index (χ0) is 20.1. The van der Waals surface area contributed by atoms with Crippen LogP contribution in [0.4, 0.5) is 16.2 Å². The van der Waals surface area contributed by atoms with Gasteiger partial charge in [0.05, 0.1) is 17.7 Å². The smallest absolute Gasteiger partial charge is 0.322 e. The molecule has 0 atom stereocenters. The Morgan fingerprint density at radius 2 is 1.93 bits per heavy atom. The summed E-state index contributed by atoms with van der Waals surface area (Å²) in [6.45, 7) is 5.66. The molecule has 0 saturated carbocycles. The van der Waals surface area contributed by atoms with Crippen molar-refractivity contribution in [3.05, 3.63) is 63.7 Å². The number of aryl methyl sites for hydroxylation is 1. The Kier molecular flexibility index (Phi) is 6.10. The molecule has 0 radical (unpaired) electrons. The van der Waals surface area contributed by atoms with Crippen LogP contribution in [0.5, 0.6) is 5.75 Å². The monoisotopic (exact) mass is 384 g/mol. The van der Waals surface area contributed by atoms with Crippen LogP contribution in [0.25, 0.3) is 0 Å². The maximum atomic E-state index is 12.6. The second-order valence-electron chi connectivity index (χ2n) is 6.82. The minimum atomic E-state index is -0.501. The number of nitrogens with one attached hydrogen (secondary N) is 1. The van der Waals surface area contributed by atoms with E-state index < -0.39 is 4.92 Å². The van der Waals surface area contributed by atoms with Gasteiger partial charge in [-0.2, -0.15) is 0 Å². The number of carbonyl (C=O) groups excluding carboxylic acids is 1. The average Bonchev–Trinajstić information content (AvgIpc) is 2.68. The first-order chi connectivity index (χ1) is 13.5. The number of non-ortho nitro benzene ring substituents is 1. The molecule has 28 heavy (non-hydrogen) atoms. The first-order valence-electron chi connectivity index (χ1n) is 9.12. The summed E-state index contributed by atoms with van der Waals surface area (Å²) >= 11 is 0. The van der Waals surface area contributed by atoms with Crippen LogP contribution in [0, 0.1) is 17.0 Å². The number of carbonyl (C=O) groups is 1. The van der Waals surface area contributed by atoms with Crippen molar-refractivity contribution in [3.8, 4) is 5.75 Å². The highest BCUT2D eigenvalue weighted by Crippen LogP contribution is 2.29. The van der Waals surface area contributed by atoms with E-state index in [4.69, 9.17) is 4.74 Å². The highest BCUT2D eigenvalue weighted by Gasteiger charge is 2.22. The van der Waals surface area contributed by atoms with Crippen LogP contribution in [0.2, 0.25) is 0 Å². The third-order valence-corrected chi connectivity index (χ3v) is 4.78. The number of rotatable bonds is 5. The van der Waals surface area contributed by atoms with E-state index in [1.807, 2.05) is 0 Å². The first-order valence-corrected chi connectivity index (χ1v) is 9.12. The molecule has 0 spiro atoms. The van der Waals surface area contributed by atoms with Crippen molar-refractivity contribution >= 4 is 17.4 Å². The Labute approximate surface area is 163 Å². The van der Waals surface area contributed by atoms with Crippen LogP contribution in [0.15, 0.2) is 42.5 Å². The molecule has 1 heterocycles. The minimum Gasteiger partial charge on any atom is -0.495 e. The van der Waals surface area contributed by atoms with E-state index in [0.717, 1.165) is 19.6 Å². The molecule has 2 aromatic rings. The summed E-state index contributed by atoms with van der Waals surface area (Å²) in [5, 5.41) is 13.7. The summed E-state index contributed by atoms with van der Waals surface area (Å²) in [5.74, 6) is 0.386. The van der Waals surface area contributed by atoms with Gasteiger partial charge in [-0.05, 0) is 18.6 Å². The van der Waals surface area contributed by atoms with Crippen molar-refractivity contribution in [2.45, 2.75) is 13.5 Å². The number of nitro groups is 1. The Hall–Kier alpha value is -3.13. The molecule has 8 nitrogen and oxygen atoms in total.